The van der Waals surface area contributed by atoms with Crippen LogP contribution in [0.1, 0.15) is 51.4 Å². The van der Waals surface area contributed by atoms with Crippen LogP contribution in [0.25, 0.3) is 10.9 Å². The highest BCUT2D eigenvalue weighted by Gasteiger charge is 2.13. The van der Waals surface area contributed by atoms with Crippen molar-refractivity contribution in [1.82, 2.24) is 4.98 Å². The molecule has 1 heterocycles. The van der Waals surface area contributed by atoms with Gasteiger partial charge in [0.2, 0.25) is 5.91 Å². The molecule has 2 aromatic rings. The first-order chi connectivity index (χ1) is 12.8. The summed E-state index contributed by atoms with van der Waals surface area (Å²) in [4.78, 5) is 16.9. The highest BCUT2D eigenvalue weighted by atomic mass is 16.1. The molecule has 136 valence electrons. The lowest BCUT2D eigenvalue weighted by Crippen LogP contribution is -2.12. The maximum Gasteiger partial charge on any atom is 0.224 e. The van der Waals surface area contributed by atoms with Crippen molar-refractivity contribution in [3.05, 3.63) is 60.8 Å². The van der Waals surface area contributed by atoms with Gasteiger partial charge in [-0.15, -0.1) is 6.58 Å². The van der Waals surface area contributed by atoms with Gasteiger partial charge in [0.1, 0.15) is 0 Å². The molecule has 1 saturated carbocycles. The van der Waals surface area contributed by atoms with E-state index in [2.05, 4.69) is 23.0 Å². The van der Waals surface area contributed by atoms with Crippen LogP contribution in [0.5, 0.6) is 0 Å². The molecule has 1 aromatic heterocycles. The van der Waals surface area contributed by atoms with Gasteiger partial charge in [0, 0.05) is 18.0 Å². The second kappa shape index (κ2) is 9.33. The molecule has 0 saturated heterocycles. The monoisotopic (exact) mass is 348 g/mol. The van der Waals surface area contributed by atoms with E-state index in [4.69, 9.17) is 0 Å². The smallest absolute Gasteiger partial charge is 0.224 e. The van der Waals surface area contributed by atoms with Crippen molar-refractivity contribution < 1.29 is 4.79 Å². The van der Waals surface area contributed by atoms with Crippen molar-refractivity contribution in [2.45, 2.75) is 51.4 Å². The normalized spacial score (nSPS) is 15.8. The van der Waals surface area contributed by atoms with Crippen molar-refractivity contribution in [1.29, 1.82) is 0 Å². The minimum atomic E-state index is 0.0433. The first-order valence-electron chi connectivity index (χ1n) is 9.70. The van der Waals surface area contributed by atoms with E-state index in [0.717, 1.165) is 29.4 Å². The Morgan fingerprint density at radius 2 is 1.96 bits per heavy atom. The van der Waals surface area contributed by atoms with Gasteiger partial charge in [-0.3, -0.25) is 9.78 Å². The Morgan fingerprint density at radius 3 is 2.77 bits per heavy atom. The molecule has 3 rings (SSSR count). The lowest BCUT2D eigenvalue weighted by Gasteiger charge is -2.19. The molecular formula is C23H28N2O. The number of rotatable bonds is 7. The summed E-state index contributed by atoms with van der Waals surface area (Å²) < 4.78 is 0. The number of nitrogens with zero attached hydrogens (tertiary/aromatic N) is 1. The van der Waals surface area contributed by atoms with Crippen LogP contribution in [-0.4, -0.2) is 10.9 Å². The number of allylic oxidation sites excluding steroid dienone is 3. The lowest BCUT2D eigenvalue weighted by atomic mass is 9.87. The Kier molecular flexibility index (Phi) is 6.59. The number of para-hydroxylation sites is 1. The molecule has 0 bridgehead atoms. The fraction of sp³-hybridized carbons (Fsp3) is 0.391. The molecule has 3 heteroatoms. The van der Waals surface area contributed by atoms with Gasteiger partial charge in [0.05, 0.1) is 11.2 Å². The SMILES string of the molecule is C=CCC(=CC1CCCCC1)CCC(=O)Nc1cccc2cccnc12. The average molecular weight is 348 g/mol. The Bertz CT molecular complexity index is 782. The van der Waals surface area contributed by atoms with Crippen molar-refractivity contribution in [3.63, 3.8) is 0 Å². The van der Waals surface area contributed by atoms with Crippen LogP contribution in [-0.2, 0) is 4.79 Å². The number of hydrogen-bond donors (Lipinski definition) is 1. The number of benzene rings is 1. The molecule has 3 nitrogen and oxygen atoms in total. The predicted molar refractivity (Wildman–Crippen MR) is 109 cm³/mol. The predicted octanol–water partition coefficient (Wildman–Crippen LogP) is 6.04. The van der Waals surface area contributed by atoms with Gasteiger partial charge in [-0.25, -0.2) is 0 Å². The van der Waals surface area contributed by atoms with Gasteiger partial charge in [-0.2, -0.15) is 0 Å². The fourth-order valence-corrected chi connectivity index (χ4v) is 3.76. The number of fused-ring (bicyclic) bond motifs is 1. The highest BCUT2D eigenvalue weighted by Crippen LogP contribution is 2.27. The summed E-state index contributed by atoms with van der Waals surface area (Å²) in [7, 11) is 0. The molecule has 1 aliphatic carbocycles. The zero-order chi connectivity index (χ0) is 18.2. The summed E-state index contributed by atoms with van der Waals surface area (Å²) in [5, 5.41) is 4.07. The topological polar surface area (TPSA) is 42.0 Å². The van der Waals surface area contributed by atoms with Gasteiger partial charge >= 0.3 is 0 Å². The third-order valence-corrected chi connectivity index (χ3v) is 5.11. The quantitative estimate of drug-likeness (QED) is 0.620. The van der Waals surface area contributed by atoms with E-state index in [9.17, 15) is 4.79 Å². The number of amides is 1. The molecule has 1 aromatic carbocycles. The van der Waals surface area contributed by atoms with Crippen LogP contribution in [0.2, 0.25) is 0 Å². The van der Waals surface area contributed by atoms with E-state index < -0.39 is 0 Å². The maximum atomic E-state index is 12.5. The highest BCUT2D eigenvalue weighted by molar-refractivity contribution is 6.00. The number of carbonyl (C=O) groups excluding carboxylic acids is 1. The van der Waals surface area contributed by atoms with Crippen LogP contribution in [0.3, 0.4) is 0 Å². The first-order valence-corrected chi connectivity index (χ1v) is 9.70. The third-order valence-electron chi connectivity index (χ3n) is 5.11. The Labute approximate surface area is 156 Å². The van der Waals surface area contributed by atoms with Crippen molar-refractivity contribution in [3.8, 4) is 0 Å². The molecule has 0 atom stereocenters. The van der Waals surface area contributed by atoms with Gasteiger partial charge in [0.15, 0.2) is 0 Å². The van der Waals surface area contributed by atoms with Gasteiger partial charge in [0.25, 0.3) is 0 Å². The molecule has 0 spiro atoms. The molecule has 1 amide bonds. The summed E-state index contributed by atoms with van der Waals surface area (Å²) in [6, 6.07) is 9.78. The van der Waals surface area contributed by atoms with E-state index in [1.165, 1.54) is 37.7 Å². The first kappa shape index (κ1) is 18.4. The Balaban J connectivity index is 1.61. The van der Waals surface area contributed by atoms with E-state index >= 15 is 0 Å². The van der Waals surface area contributed by atoms with Gasteiger partial charge < -0.3 is 5.32 Å². The zero-order valence-corrected chi connectivity index (χ0v) is 15.4. The number of nitrogens with one attached hydrogen (secondary N) is 1. The second-order valence-corrected chi connectivity index (χ2v) is 7.14. The van der Waals surface area contributed by atoms with Gasteiger partial charge in [-0.05, 0) is 43.7 Å². The van der Waals surface area contributed by atoms with Gasteiger partial charge in [-0.1, -0.05) is 55.2 Å². The van der Waals surface area contributed by atoms with Crippen LogP contribution in [0.15, 0.2) is 60.8 Å². The number of anilines is 1. The lowest BCUT2D eigenvalue weighted by molar-refractivity contribution is -0.116. The van der Waals surface area contributed by atoms with Crippen LogP contribution in [0, 0.1) is 5.92 Å². The molecule has 1 aliphatic rings. The Hall–Kier alpha value is -2.42. The molecule has 0 radical (unpaired) electrons. The van der Waals surface area contributed by atoms with Crippen molar-refractivity contribution >= 4 is 22.5 Å². The number of aromatic nitrogens is 1. The molecule has 0 unspecified atom stereocenters. The van der Waals surface area contributed by atoms with Crippen LogP contribution in [0.4, 0.5) is 5.69 Å². The van der Waals surface area contributed by atoms with Crippen molar-refractivity contribution in [2.75, 3.05) is 5.32 Å². The van der Waals surface area contributed by atoms with E-state index in [-0.39, 0.29) is 5.91 Å². The third kappa shape index (κ3) is 5.04. The Morgan fingerprint density at radius 1 is 1.15 bits per heavy atom. The zero-order valence-electron chi connectivity index (χ0n) is 15.4. The molecule has 26 heavy (non-hydrogen) atoms. The van der Waals surface area contributed by atoms with Crippen LogP contribution < -0.4 is 5.32 Å². The standard InChI is InChI=1S/C23H28N2O/c1-2-8-18(17-19-9-4-3-5-10-19)14-15-22(26)25-21-13-6-11-20-12-7-16-24-23(20)21/h2,6-7,11-13,16-17,19H,1,3-5,8-10,14-15H2,(H,25,26). The fourth-order valence-electron chi connectivity index (χ4n) is 3.76. The largest absolute Gasteiger partial charge is 0.324 e. The molecule has 1 fully saturated rings. The minimum Gasteiger partial charge on any atom is -0.324 e. The minimum absolute atomic E-state index is 0.0433. The maximum absolute atomic E-state index is 12.5. The number of pyridine rings is 1. The van der Waals surface area contributed by atoms with Crippen LogP contribution >= 0.6 is 0 Å². The van der Waals surface area contributed by atoms with Crippen molar-refractivity contribution in [2.24, 2.45) is 5.92 Å². The molecular weight excluding hydrogens is 320 g/mol. The van der Waals surface area contributed by atoms with E-state index in [0.29, 0.717) is 12.3 Å². The average Bonchev–Trinajstić information content (AvgIpc) is 2.67. The number of hydrogen-bond acceptors (Lipinski definition) is 2. The van der Waals surface area contributed by atoms with E-state index in [1.54, 1.807) is 6.20 Å². The summed E-state index contributed by atoms with van der Waals surface area (Å²) in [5.41, 5.74) is 2.97. The summed E-state index contributed by atoms with van der Waals surface area (Å²) in [5.74, 6) is 0.728. The second-order valence-electron chi connectivity index (χ2n) is 7.14. The summed E-state index contributed by atoms with van der Waals surface area (Å²) in [6.45, 7) is 3.87. The number of carbonyl (C=O) groups is 1. The summed E-state index contributed by atoms with van der Waals surface area (Å²) >= 11 is 0. The molecule has 0 aliphatic heterocycles. The van der Waals surface area contributed by atoms with E-state index in [1.807, 2.05) is 36.4 Å². The summed E-state index contributed by atoms with van der Waals surface area (Å²) in [6.07, 6.45) is 14.9. The molecule has 1 N–H and O–H groups in total.